The van der Waals surface area contributed by atoms with Crippen LogP contribution >= 0.6 is 0 Å². The first-order chi connectivity index (χ1) is 31.5. The Morgan fingerprint density at radius 1 is 0.453 bits per heavy atom. The lowest BCUT2D eigenvalue weighted by molar-refractivity contribution is -0.151. The van der Waals surface area contributed by atoms with E-state index in [-0.39, 0.29) is 24.9 Å². The van der Waals surface area contributed by atoms with E-state index in [1.165, 1.54) is 205 Å². The first-order valence-corrected chi connectivity index (χ1v) is 28.6. The fourth-order valence-electron chi connectivity index (χ4n) is 8.96. The van der Waals surface area contributed by atoms with E-state index < -0.39 is 18.2 Å². The predicted octanol–water partition coefficient (Wildman–Crippen LogP) is 17.5. The number of ether oxygens (including phenoxy) is 1. The molecule has 0 aliphatic heterocycles. The molecule has 0 spiro atoms. The molecule has 0 rings (SSSR count). The molecule has 0 heterocycles. The molecule has 0 aliphatic carbocycles. The van der Waals surface area contributed by atoms with Gasteiger partial charge in [0.15, 0.2) is 0 Å². The molecule has 3 unspecified atom stereocenters. The van der Waals surface area contributed by atoms with Crippen molar-refractivity contribution in [3.8, 4) is 0 Å². The topological polar surface area (TPSA) is 95.9 Å². The smallest absolute Gasteiger partial charge is 0.306 e. The third-order valence-corrected chi connectivity index (χ3v) is 13.3. The van der Waals surface area contributed by atoms with Crippen molar-refractivity contribution in [3.63, 3.8) is 0 Å². The van der Waals surface area contributed by atoms with Crippen LogP contribution in [0.1, 0.15) is 310 Å². The Morgan fingerprint density at radius 2 is 0.797 bits per heavy atom. The molecule has 3 atom stereocenters. The van der Waals surface area contributed by atoms with Gasteiger partial charge in [0.1, 0.15) is 6.10 Å². The lowest BCUT2D eigenvalue weighted by Crippen LogP contribution is -2.46. The lowest BCUT2D eigenvalue weighted by Gasteiger charge is -2.24. The van der Waals surface area contributed by atoms with E-state index in [9.17, 15) is 19.8 Å². The van der Waals surface area contributed by atoms with E-state index in [2.05, 4.69) is 50.4 Å². The number of allylic oxidation sites excluding steroid dienone is 4. The van der Waals surface area contributed by atoms with Crippen molar-refractivity contribution in [2.75, 3.05) is 6.61 Å². The zero-order valence-electron chi connectivity index (χ0n) is 43.2. The molecule has 0 fully saturated rings. The van der Waals surface area contributed by atoms with Gasteiger partial charge in [-0.25, -0.2) is 0 Å². The van der Waals surface area contributed by atoms with Gasteiger partial charge in [-0.05, 0) is 44.9 Å². The van der Waals surface area contributed by atoms with Crippen LogP contribution in [0.15, 0.2) is 24.3 Å². The largest absolute Gasteiger partial charge is 0.462 e. The SMILES string of the molecule is CCCCCCCCC/C=C/C=C/CCCC(CC(=O)NC(CO)C(O)CCCCCCCCCCCCCCCCCCC)OC(=O)CCCCCCCCCCCCCCCC. The Kier molecular flexibility index (Phi) is 51.0. The summed E-state index contributed by atoms with van der Waals surface area (Å²) in [6.07, 6.45) is 61.1. The average Bonchev–Trinajstić information content (AvgIpc) is 3.29. The summed E-state index contributed by atoms with van der Waals surface area (Å²) in [4.78, 5) is 26.2. The molecule has 378 valence electrons. The summed E-state index contributed by atoms with van der Waals surface area (Å²) < 4.78 is 5.93. The van der Waals surface area contributed by atoms with Crippen LogP contribution in [0.3, 0.4) is 0 Å². The van der Waals surface area contributed by atoms with Crippen LogP contribution in [0.25, 0.3) is 0 Å². The number of hydrogen-bond acceptors (Lipinski definition) is 5. The van der Waals surface area contributed by atoms with Gasteiger partial charge in [-0.3, -0.25) is 9.59 Å². The van der Waals surface area contributed by atoms with Crippen molar-refractivity contribution in [1.29, 1.82) is 0 Å². The van der Waals surface area contributed by atoms with Gasteiger partial charge in [0.05, 0.1) is 25.2 Å². The number of carbonyl (C=O) groups is 2. The summed E-state index contributed by atoms with van der Waals surface area (Å²) >= 11 is 0. The van der Waals surface area contributed by atoms with Crippen LogP contribution in [0.2, 0.25) is 0 Å². The molecule has 6 nitrogen and oxygen atoms in total. The number of nitrogens with one attached hydrogen (secondary N) is 1. The van der Waals surface area contributed by atoms with Crippen molar-refractivity contribution in [3.05, 3.63) is 24.3 Å². The minimum Gasteiger partial charge on any atom is -0.462 e. The van der Waals surface area contributed by atoms with Crippen molar-refractivity contribution in [2.45, 2.75) is 328 Å². The van der Waals surface area contributed by atoms with E-state index in [0.717, 1.165) is 57.8 Å². The average molecular weight is 903 g/mol. The van der Waals surface area contributed by atoms with Gasteiger partial charge >= 0.3 is 5.97 Å². The highest BCUT2D eigenvalue weighted by atomic mass is 16.5. The summed E-state index contributed by atoms with van der Waals surface area (Å²) in [6.45, 7) is 6.50. The van der Waals surface area contributed by atoms with Gasteiger partial charge in [-0.2, -0.15) is 0 Å². The second-order valence-electron chi connectivity index (χ2n) is 19.7. The van der Waals surface area contributed by atoms with Crippen LogP contribution in [0, 0.1) is 0 Å². The van der Waals surface area contributed by atoms with Gasteiger partial charge in [-0.1, -0.05) is 276 Å². The first-order valence-electron chi connectivity index (χ1n) is 28.6. The first kappa shape index (κ1) is 62.3. The maximum Gasteiger partial charge on any atom is 0.306 e. The highest BCUT2D eigenvalue weighted by molar-refractivity contribution is 5.77. The van der Waals surface area contributed by atoms with E-state index in [4.69, 9.17) is 4.74 Å². The molecule has 0 saturated heterocycles. The fourth-order valence-corrected chi connectivity index (χ4v) is 8.96. The molecule has 0 aromatic heterocycles. The number of carbonyl (C=O) groups excluding carboxylic acids is 2. The number of hydrogen-bond donors (Lipinski definition) is 3. The number of esters is 1. The molecular weight excluding hydrogens is 791 g/mol. The molecule has 0 aliphatic rings. The Hall–Kier alpha value is -1.66. The van der Waals surface area contributed by atoms with E-state index in [1.54, 1.807) is 0 Å². The predicted molar refractivity (Wildman–Crippen MR) is 278 cm³/mol. The maximum atomic E-state index is 13.2. The van der Waals surface area contributed by atoms with Crippen molar-refractivity contribution >= 4 is 11.9 Å². The fraction of sp³-hybridized carbons (Fsp3) is 0.897. The summed E-state index contributed by atoms with van der Waals surface area (Å²) in [5, 5.41) is 23.9. The molecular formula is C58H111NO5. The molecule has 3 N–H and O–H groups in total. The minimum absolute atomic E-state index is 0.0505. The van der Waals surface area contributed by atoms with Crippen LogP contribution in [-0.2, 0) is 14.3 Å². The number of unbranched alkanes of at least 4 members (excludes halogenated alkanes) is 37. The van der Waals surface area contributed by atoms with Gasteiger partial charge in [0.2, 0.25) is 5.91 Å². The van der Waals surface area contributed by atoms with Crippen molar-refractivity contribution in [1.82, 2.24) is 5.32 Å². The van der Waals surface area contributed by atoms with Crippen LogP contribution in [-0.4, -0.2) is 46.9 Å². The summed E-state index contributed by atoms with van der Waals surface area (Å²) in [6, 6.07) is -0.712. The van der Waals surface area contributed by atoms with Gasteiger partial charge in [0.25, 0.3) is 0 Å². The molecule has 0 aromatic rings. The molecule has 0 radical (unpaired) electrons. The highest BCUT2D eigenvalue weighted by Crippen LogP contribution is 2.18. The molecule has 0 aromatic carbocycles. The Bertz CT molecular complexity index is 1010. The Labute approximate surface area is 399 Å². The number of amides is 1. The standard InChI is InChI=1S/C58H111NO5/c1-4-7-10-13-16-19-22-25-28-29-30-32-35-38-41-44-47-50-56(61)55(53-60)59-57(62)52-54(49-46-43-40-37-34-31-26-23-20-17-14-11-8-5-2)64-58(63)51-48-45-42-39-36-33-27-24-21-18-15-12-9-6-3/h31,34,37,40,54-56,60-61H,4-30,32-33,35-36,38-39,41-53H2,1-3H3,(H,59,62)/b34-31+,40-37+. The van der Waals surface area contributed by atoms with E-state index >= 15 is 0 Å². The normalized spacial score (nSPS) is 13.3. The zero-order valence-corrected chi connectivity index (χ0v) is 43.2. The van der Waals surface area contributed by atoms with Gasteiger partial charge in [-0.15, -0.1) is 0 Å². The quantitative estimate of drug-likeness (QED) is 0.0321. The third kappa shape index (κ3) is 46.9. The van der Waals surface area contributed by atoms with Gasteiger partial charge in [0, 0.05) is 6.42 Å². The summed E-state index contributed by atoms with van der Waals surface area (Å²) in [5.41, 5.74) is 0. The number of aliphatic hydroxyl groups is 2. The molecule has 1 amide bonds. The summed E-state index contributed by atoms with van der Waals surface area (Å²) in [7, 11) is 0. The molecule has 6 heteroatoms. The molecule has 64 heavy (non-hydrogen) atoms. The molecule has 0 saturated carbocycles. The van der Waals surface area contributed by atoms with Crippen LogP contribution in [0.5, 0.6) is 0 Å². The van der Waals surface area contributed by atoms with E-state index in [0.29, 0.717) is 19.3 Å². The lowest BCUT2D eigenvalue weighted by atomic mass is 10.0. The van der Waals surface area contributed by atoms with Gasteiger partial charge < -0.3 is 20.3 Å². The van der Waals surface area contributed by atoms with Crippen LogP contribution in [0.4, 0.5) is 0 Å². The van der Waals surface area contributed by atoms with Crippen molar-refractivity contribution in [2.24, 2.45) is 0 Å². The monoisotopic (exact) mass is 902 g/mol. The zero-order chi connectivity index (χ0) is 46.7. The second-order valence-corrected chi connectivity index (χ2v) is 19.7. The Balaban J connectivity index is 4.54. The molecule has 0 bridgehead atoms. The summed E-state index contributed by atoms with van der Waals surface area (Å²) in [5.74, 6) is -0.503. The second kappa shape index (κ2) is 52.3. The number of aliphatic hydroxyl groups excluding tert-OH is 2. The highest BCUT2D eigenvalue weighted by Gasteiger charge is 2.24. The maximum absolute atomic E-state index is 13.2. The number of rotatable bonds is 52. The third-order valence-electron chi connectivity index (χ3n) is 13.3. The van der Waals surface area contributed by atoms with Crippen LogP contribution < -0.4 is 5.32 Å². The minimum atomic E-state index is -0.796. The van der Waals surface area contributed by atoms with E-state index in [1.807, 2.05) is 0 Å². The Morgan fingerprint density at radius 3 is 1.19 bits per heavy atom. The van der Waals surface area contributed by atoms with Crippen molar-refractivity contribution < 1.29 is 24.5 Å².